The van der Waals surface area contributed by atoms with Gasteiger partial charge < -0.3 is 9.84 Å². The predicted octanol–water partition coefficient (Wildman–Crippen LogP) is 1.42. The molecule has 0 aliphatic rings. The second-order valence-corrected chi connectivity index (χ2v) is 7.20. The normalized spacial score (nSPS) is 11.6. The molecular formula is C19H17FN8O3. The van der Waals surface area contributed by atoms with Crippen LogP contribution in [0.25, 0.3) is 22.6 Å². The summed E-state index contributed by atoms with van der Waals surface area (Å²) in [7, 11) is 1.23. The van der Waals surface area contributed by atoms with Gasteiger partial charge in [-0.1, -0.05) is 0 Å². The van der Waals surface area contributed by atoms with Crippen molar-refractivity contribution in [3.8, 4) is 17.4 Å². The van der Waals surface area contributed by atoms with Crippen molar-refractivity contribution in [1.29, 1.82) is 0 Å². The SMILES string of the molecule is COC(=O)C(C)(C)c1nnc(-c2nn(Cc3cncnc3)c3ncc(F)cc23)nc1O. The number of aromatic nitrogens is 8. The van der Waals surface area contributed by atoms with Crippen LogP contribution >= 0.6 is 0 Å². The van der Waals surface area contributed by atoms with Gasteiger partial charge in [-0.3, -0.25) is 4.79 Å². The van der Waals surface area contributed by atoms with Crippen molar-refractivity contribution < 1.29 is 19.0 Å². The minimum atomic E-state index is -1.28. The lowest BCUT2D eigenvalue weighted by atomic mass is 9.89. The summed E-state index contributed by atoms with van der Waals surface area (Å²) < 4.78 is 20.2. The molecule has 12 heteroatoms. The lowest BCUT2D eigenvalue weighted by Crippen LogP contribution is -2.32. The lowest BCUT2D eigenvalue weighted by Gasteiger charge is -2.20. The quantitative estimate of drug-likeness (QED) is 0.467. The summed E-state index contributed by atoms with van der Waals surface area (Å²) in [6.07, 6.45) is 5.72. The maximum absolute atomic E-state index is 13.9. The number of ether oxygens (including phenoxy) is 1. The van der Waals surface area contributed by atoms with E-state index in [4.69, 9.17) is 4.74 Å². The van der Waals surface area contributed by atoms with E-state index < -0.39 is 23.1 Å². The lowest BCUT2D eigenvalue weighted by molar-refractivity contribution is -0.146. The van der Waals surface area contributed by atoms with Crippen LogP contribution in [0.5, 0.6) is 5.88 Å². The van der Waals surface area contributed by atoms with Gasteiger partial charge in [0, 0.05) is 18.0 Å². The number of methoxy groups -OCH3 is 1. The Bertz CT molecular complexity index is 1280. The van der Waals surface area contributed by atoms with Gasteiger partial charge >= 0.3 is 5.97 Å². The molecule has 0 unspecified atom stereocenters. The molecular weight excluding hydrogens is 407 g/mol. The van der Waals surface area contributed by atoms with Gasteiger partial charge in [0.25, 0.3) is 0 Å². The molecule has 0 atom stereocenters. The fourth-order valence-corrected chi connectivity index (χ4v) is 3.07. The second kappa shape index (κ2) is 7.63. The second-order valence-electron chi connectivity index (χ2n) is 7.20. The molecule has 11 nitrogen and oxygen atoms in total. The van der Waals surface area contributed by atoms with E-state index in [0.717, 1.165) is 11.8 Å². The zero-order valence-electron chi connectivity index (χ0n) is 16.8. The first-order valence-corrected chi connectivity index (χ1v) is 9.10. The average Bonchev–Trinajstić information content (AvgIpc) is 3.10. The predicted molar refractivity (Wildman–Crippen MR) is 104 cm³/mol. The van der Waals surface area contributed by atoms with E-state index in [-0.39, 0.29) is 23.8 Å². The van der Waals surface area contributed by atoms with Crippen molar-refractivity contribution in [2.24, 2.45) is 0 Å². The first-order chi connectivity index (χ1) is 14.8. The molecule has 4 aromatic heterocycles. The molecule has 0 saturated carbocycles. The monoisotopic (exact) mass is 424 g/mol. The van der Waals surface area contributed by atoms with Gasteiger partial charge in [-0.05, 0) is 19.9 Å². The molecule has 0 aliphatic carbocycles. The molecule has 4 heterocycles. The summed E-state index contributed by atoms with van der Waals surface area (Å²) in [4.78, 5) is 28.1. The number of rotatable bonds is 5. The number of esters is 1. The zero-order valence-corrected chi connectivity index (χ0v) is 16.8. The van der Waals surface area contributed by atoms with E-state index in [1.54, 1.807) is 12.4 Å². The summed E-state index contributed by atoms with van der Waals surface area (Å²) in [5, 5.41) is 23.2. The molecule has 0 radical (unpaired) electrons. The van der Waals surface area contributed by atoms with Crippen LogP contribution in [0.4, 0.5) is 4.39 Å². The van der Waals surface area contributed by atoms with Crippen LogP contribution in [0.15, 0.2) is 31.0 Å². The third kappa shape index (κ3) is 3.63. The van der Waals surface area contributed by atoms with Crippen molar-refractivity contribution in [3.63, 3.8) is 0 Å². The zero-order chi connectivity index (χ0) is 22.2. The van der Waals surface area contributed by atoms with Crippen molar-refractivity contribution in [3.05, 3.63) is 48.1 Å². The molecule has 4 rings (SSSR count). The summed E-state index contributed by atoms with van der Waals surface area (Å²) in [6.45, 7) is 3.31. The van der Waals surface area contributed by atoms with Crippen molar-refractivity contribution in [1.82, 2.24) is 39.9 Å². The maximum atomic E-state index is 13.9. The molecule has 1 N–H and O–H groups in total. The first-order valence-electron chi connectivity index (χ1n) is 9.10. The molecule has 0 bridgehead atoms. The number of nitrogens with zero attached hydrogens (tertiary/aromatic N) is 8. The molecule has 4 aromatic rings. The first kappa shape index (κ1) is 20.2. The number of halogens is 1. The fraction of sp³-hybridized carbons (Fsp3) is 0.263. The van der Waals surface area contributed by atoms with Crippen molar-refractivity contribution >= 4 is 17.0 Å². The Morgan fingerprint density at radius 3 is 2.65 bits per heavy atom. The Morgan fingerprint density at radius 2 is 1.97 bits per heavy atom. The van der Waals surface area contributed by atoms with Gasteiger partial charge in [0.1, 0.15) is 28.9 Å². The minimum absolute atomic E-state index is 0.0534. The van der Waals surface area contributed by atoms with Crippen molar-refractivity contribution in [2.75, 3.05) is 7.11 Å². The summed E-state index contributed by atoms with van der Waals surface area (Å²) in [5.41, 5.74) is -0.0367. The maximum Gasteiger partial charge on any atom is 0.317 e. The summed E-state index contributed by atoms with van der Waals surface area (Å²) >= 11 is 0. The largest absolute Gasteiger partial charge is 0.492 e. The Kier molecular flexibility index (Phi) is 4.97. The van der Waals surface area contributed by atoms with E-state index in [1.165, 1.54) is 38.0 Å². The van der Waals surface area contributed by atoms with Crippen LogP contribution < -0.4 is 0 Å². The molecule has 0 saturated heterocycles. The molecule has 0 fully saturated rings. The van der Waals surface area contributed by atoms with Crippen LogP contribution in [0.1, 0.15) is 25.1 Å². The van der Waals surface area contributed by atoms with E-state index in [0.29, 0.717) is 11.0 Å². The van der Waals surface area contributed by atoms with Gasteiger partial charge in [-0.25, -0.2) is 24.0 Å². The highest BCUT2D eigenvalue weighted by molar-refractivity contribution is 5.89. The standard InChI is InChI=1S/C19H17FN8O3/c1-19(2,18(30)31-3)14-17(29)24-15(26-25-14)13-12-4-11(20)7-23-16(12)28(27-13)8-10-5-21-9-22-6-10/h4-7,9H,8H2,1-3H3,(H,24,26,29). The third-order valence-electron chi connectivity index (χ3n) is 4.67. The molecule has 0 aromatic carbocycles. The van der Waals surface area contributed by atoms with Gasteiger partial charge in [0.2, 0.25) is 11.7 Å². The Hall–Kier alpha value is -4.09. The van der Waals surface area contributed by atoms with Gasteiger partial charge in [0.15, 0.2) is 5.65 Å². The number of pyridine rings is 1. The van der Waals surface area contributed by atoms with Crippen LogP contribution in [0.3, 0.4) is 0 Å². The van der Waals surface area contributed by atoms with Crippen LogP contribution in [0.2, 0.25) is 0 Å². The highest BCUT2D eigenvalue weighted by Gasteiger charge is 2.37. The van der Waals surface area contributed by atoms with E-state index >= 15 is 0 Å². The Balaban J connectivity index is 1.82. The fourth-order valence-electron chi connectivity index (χ4n) is 3.07. The molecule has 31 heavy (non-hydrogen) atoms. The van der Waals surface area contributed by atoms with E-state index in [9.17, 15) is 14.3 Å². The number of fused-ring (bicyclic) bond motifs is 1. The van der Waals surface area contributed by atoms with Crippen LogP contribution in [-0.2, 0) is 21.5 Å². The molecule has 0 aliphatic heterocycles. The summed E-state index contributed by atoms with van der Waals surface area (Å²) in [6, 6.07) is 1.25. The van der Waals surface area contributed by atoms with E-state index in [2.05, 4.69) is 35.2 Å². The molecule has 0 spiro atoms. The number of hydrogen-bond acceptors (Lipinski definition) is 10. The van der Waals surface area contributed by atoms with Gasteiger partial charge in [-0.15, -0.1) is 10.2 Å². The minimum Gasteiger partial charge on any atom is -0.492 e. The summed E-state index contributed by atoms with van der Waals surface area (Å²) in [5.74, 6) is -1.75. The van der Waals surface area contributed by atoms with Gasteiger partial charge in [-0.2, -0.15) is 10.1 Å². The Morgan fingerprint density at radius 1 is 1.23 bits per heavy atom. The van der Waals surface area contributed by atoms with Crippen LogP contribution in [-0.4, -0.2) is 58.1 Å². The van der Waals surface area contributed by atoms with Crippen molar-refractivity contribution in [2.45, 2.75) is 25.8 Å². The topological polar surface area (TPSA) is 142 Å². The highest BCUT2D eigenvalue weighted by atomic mass is 19.1. The highest BCUT2D eigenvalue weighted by Crippen LogP contribution is 2.31. The molecule has 158 valence electrons. The molecule has 0 amide bonds. The third-order valence-corrected chi connectivity index (χ3v) is 4.67. The Labute approximate surface area is 175 Å². The smallest absolute Gasteiger partial charge is 0.317 e. The van der Waals surface area contributed by atoms with Gasteiger partial charge in [0.05, 0.1) is 25.2 Å². The van der Waals surface area contributed by atoms with Crippen LogP contribution in [0, 0.1) is 5.82 Å². The number of hydrogen-bond donors (Lipinski definition) is 1. The number of carbonyl (C=O) groups is 1. The number of aromatic hydroxyl groups is 1. The van der Waals surface area contributed by atoms with E-state index in [1.807, 2.05) is 0 Å². The average molecular weight is 424 g/mol. The number of carbonyl (C=O) groups excluding carboxylic acids is 1.